The number of benzene rings is 2. The van der Waals surface area contributed by atoms with Crippen molar-refractivity contribution in [3.05, 3.63) is 58.6 Å². The van der Waals surface area contributed by atoms with Crippen molar-refractivity contribution in [3.8, 4) is 17.2 Å². The topological polar surface area (TPSA) is 138 Å². The molecule has 37 heavy (non-hydrogen) atoms. The number of aliphatic hydroxyl groups is 1. The average molecular weight is 507 g/mol. The van der Waals surface area contributed by atoms with Crippen LogP contribution in [0.3, 0.4) is 0 Å². The number of carbonyl (C=O) groups excluding carboxylic acids is 2. The predicted octanol–water partition coefficient (Wildman–Crippen LogP) is 2.72. The molecule has 2 aromatic carbocycles. The van der Waals surface area contributed by atoms with Crippen molar-refractivity contribution in [1.82, 2.24) is 14.8 Å². The van der Waals surface area contributed by atoms with Crippen LogP contribution in [0.4, 0.5) is 4.79 Å². The van der Waals surface area contributed by atoms with E-state index in [9.17, 15) is 24.8 Å². The highest BCUT2D eigenvalue weighted by Gasteiger charge is 2.46. The van der Waals surface area contributed by atoms with Crippen molar-refractivity contribution >= 4 is 23.1 Å². The highest BCUT2D eigenvalue weighted by Crippen LogP contribution is 2.26. The van der Waals surface area contributed by atoms with Gasteiger partial charge in [0.1, 0.15) is 11.6 Å². The molecule has 0 radical (unpaired) electrons. The van der Waals surface area contributed by atoms with E-state index < -0.39 is 35.0 Å². The fraction of sp³-hybridized carbons (Fsp3) is 0.407. The highest BCUT2D eigenvalue weighted by atomic mass is 16.6. The second kappa shape index (κ2) is 9.75. The van der Waals surface area contributed by atoms with E-state index in [-0.39, 0.29) is 25.9 Å². The quantitative estimate of drug-likeness (QED) is 0.543. The summed E-state index contributed by atoms with van der Waals surface area (Å²) in [6.07, 6.45) is -0.302. The van der Waals surface area contributed by atoms with Crippen LogP contribution in [0.25, 0.3) is 22.2 Å². The standard InChI is InChI=1S/C27H30N4O6/c1-26(2,3)37-25(34)31-12-11-27(35,16-31)23(32)29-20(15-28)13-17-5-7-18(8-6-17)19-9-10-22-21(14-19)30(4)24(33)36-22/h5-10,14,20,35H,11-13,16H2,1-4H3,(H,29,32)/t20-,27-/m0/s1. The molecule has 2 N–H and O–H groups in total. The molecule has 2 atom stereocenters. The first-order valence-electron chi connectivity index (χ1n) is 12.0. The minimum atomic E-state index is -1.79. The van der Waals surface area contributed by atoms with Crippen LogP contribution in [0.5, 0.6) is 0 Å². The first-order valence-corrected chi connectivity index (χ1v) is 12.0. The summed E-state index contributed by atoms with van der Waals surface area (Å²) in [6.45, 7) is 5.20. The maximum absolute atomic E-state index is 12.8. The van der Waals surface area contributed by atoms with Gasteiger partial charge in [0, 0.05) is 26.4 Å². The van der Waals surface area contributed by atoms with Crippen LogP contribution in [-0.4, -0.2) is 56.9 Å². The molecule has 0 aliphatic carbocycles. The summed E-state index contributed by atoms with van der Waals surface area (Å²) in [5, 5.41) is 23.1. The molecule has 3 aromatic rings. The number of aryl methyl sites for hydroxylation is 1. The Labute approximate surface area is 214 Å². The normalized spacial score (nSPS) is 18.4. The molecule has 1 aliphatic rings. The summed E-state index contributed by atoms with van der Waals surface area (Å²) in [5.41, 5.74) is 1.36. The van der Waals surface area contributed by atoms with Gasteiger partial charge in [0.25, 0.3) is 5.91 Å². The van der Waals surface area contributed by atoms with Crippen LogP contribution in [0.1, 0.15) is 32.8 Å². The smallest absolute Gasteiger partial charge is 0.419 e. The number of likely N-dealkylation sites (tertiary alicyclic amines) is 1. The monoisotopic (exact) mass is 506 g/mol. The second-order valence-electron chi connectivity index (χ2n) is 10.3. The lowest BCUT2D eigenvalue weighted by Crippen LogP contribution is -2.52. The lowest BCUT2D eigenvalue weighted by atomic mass is 9.99. The maximum atomic E-state index is 12.8. The Morgan fingerprint density at radius 2 is 1.89 bits per heavy atom. The van der Waals surface area contributed by atoms with Gasteiger partial charge in [-0.1, -0.05) is 30.3 Å². The lowest BCUT2D eigenvalue weighted by molar-refractivity contribution is -0.138. The Morgan fingerprint density at radius 3 is 2.54 bits per heavy atom. The van der Waals surface area contributed by atoms with E-state index >= 15 is 0 Å². The maximum Gasteiger partial charge on any atom is 0.419 e. The van der Waals surface area contributed by atoms with E-state index in [1.807, 2.05) is 36.4 Å². The number of amides is 2. The van der Waals surface area contributed by atoms with E-state index in [1.165, 1.54) is 9.47 Å². The Hall–Kier alpha value is -4.10. The van der Waals surface area contributed by atoms with Gasteiger partial charge in [0.05, 0.1) is 18.1 Å². The van der Waals surface area contributed by atoms with Crippen LogP contribution >= 0.6 is 0 Å². The first-order chi connectivity index (χ1) is 17.4. The van der Waals surface area contributed by atoms with Crippen molar-refractivity contribution in [1.29, 1.82) is 5.26 Å². The van der Waals surface area contributed by atoms with Gasteiger partial charge in [-0.05, 0) is 49.6 Å². The zero-order chi connectivity index (χ0) is 27.0. The van der Waals surface area contributed by atoms with Crippen LogP contribution < -0.4 is 11.1 Å². The molecule has 10 heteroatoms. The summed E-state index contributed by atoms with van der Waals surface area (Å²) in [4.78, 5) is 38.2. The van der Waals surface area contributed by atoms with Gasteiger partial charge in [-0.2, -0.15) is 5.26 Å². The van der Waals surface area contributed by atoms with Crippen molar-refractivity contribution in [2.24, 2.45) is 7.05 Å². The predicted molar refractivity (Wildman–Crippen MR) is 136 cm³/mol. The number of hydrogen-bond donors (Lipinski definition) is 2. The molecule has 1 saturated heterocycles. The summed E-state index contributed by atoms with van der Waals surface area (Å²) < 4.78 is 11.9. The van der Waals surface area contributed by atoms with Gasteiger partial charge < -0.3 is 24.5 Å². The number of nitrogens with one attached hydrogen (secondary N) is 1. The fourth-order valence-electron chi connectivity index (χ4n) is 4.26. The molecule has 0 saturated carbocycles. The Bertz CT molecular complexity index is 1430. The molecule has 194 valence electrons. The van der Waals surface area contributed by atoms with Crippen molar-refractivity contribution in [2.75, 3.05) is 13.1 Å². The van der Waals surface area contributed by atoms with Gasteiger partial charge in [-0.3, -0.25) is 9.36 Å². The van der Waals surface area contributed by atoms with Crippen LogP contribution in [-0.2, 0) is 23.0 Å². The van der Waals surface area contributed by atoms with E-state index in [4.69, 9.17) is 9.15 Å². The summed E-state index contributed by atoms with van der Waals surface area (Å²) in [5.74, 6) is -1.12. The molecule has 10 nitrogen and oxygen atoms in total. The third kappa shape index (κ3) is 5.67. The zero-order valence-electron chi connectivity index (χ0n) is 21.3. The highest BCUT2D eigenvalue weighted by molar-refractivity contribution is 5.87. The van der Waals surface area contributed by atoms with Gasteiger partial charge in [-0.15, -0.1) is 0 Å². The van der Waals surface area contributed by atoms with Gasteiger partial charge in [-0.25, -0.2) is 9.59 Å². The number of nitriles is 1. The average Bonchev–Trinajstić information content (AvgIpc) is 3.38. The molecular weight excluding hydrogens is 476 g/mol. The van der Waals surface area contributed by atoms with Gasteiger partial charge >= 0.3 is 11.8 Å². The van der Waals surface area contributed by atoms with E-state index in [0.717, 1.165) is 16.7 Å². The molecular formula is C27H30N4O6. The van der Waals surface area contributed by atoms with Gasteiger partial charge in [0.15, 0.2) is 11.2 Å². The summed E-state index contributed by atoms with van der Waals surface area (Å²) in [6, 6.07) is 14.2. The number of hydrogen-bond acceptors (Lipinski definition) is 7. The SMILES string of the molecule is Cn1c(=O)oc2ccc(-c3ccc(C[C@@H](C#N)NC(=O)[C@]4(O)CCN(C(=O)OC(C)(C)C)C4)cc3)cc21. The van der Waals surface area contributed by atoms with Crippen molar-refractivity contribution < 1.29 is 23.8 Å². The van der Waals surface area contributed by atoms with E-state index in [1.54, 1.807) is 33.9 Å². The lowest BCUT2D eigenvalue weighted by Gasteiger charge is -2.26. The van der Waals surface area contributed by atoms with E-state index in [0.29, 0.717) is 11.1 Å². The number of carbonyl (C=O) groups is 2. The van der Waals surface area contributed by atoms with Gasteiger partial charge in [0.2, 0.25) is 0 Å². The number of rotatable bonds is 5. The largest absolute Gasteiger partial charge is 0.444 e. The number of fused-ring (bicyclic) bond motifs is 1. The molecule has 2 heterocycles. The Kier molecular flexibility index (Phi) is 6.84. The first kappa shape index (κ1) is 26.0. The number of aromatic nitrogens is 1. The Balaban J connectivity index is 1.39. The molecule has 4 rings (SSSR count). The summed E-state index contributed by atoms with van der Waals surface area (Å²) >= 11 is 0. The number of β-amino-alcohol motifs (C(OH)–C–C–N with tert-alkyl or cyclic N) is 1. The van der Waals surface area contributed by atoms with Crippen LogP contribution in [0.2, 0.25) is 0 Å². The summed E-state index contributed by atoms with van der Waals surface area (Å²) in [7, 11) is 1.65. The van der Waals surface area contributed by atoms with Crippen LogP contribution in [0, 0.1) is 11.3 Å². The zero-order valence-corrected chi connectivity index (χ0v) is 21.3. The minimum Gasteiger partial charge on any atom is -0.444 e. The van der Waals surface area contributed by atoms with Crippen molar-refractivity contribution in [2.45, 2.75) is 50.9 Å². The molecule has 1 fully saturated rings. The second-order valence-corrected chi connectivity index (χ2v) is 10.3. The Morgan fingerprint density at radius 1 is 1.22 bits per heavy atom. The fourth-order valence-corrected chi connectivity index (χ4v) is 4.26. The molecule has 0 unspecified atom stereocenters. The number of ether oxygens (including phenoxy) is 1. The van der Waals surface area contributed by atoms with Crippen LogP contribution in [0.15, 0.2) is 51.7 Å². The third-order valence-corrected chi connectivity index (χ3v) is 6.30. The van der Waals surface area contributed by atoms with E-state index in [2.05, 4.69) is 11.4 Å². The number of oxazole rings is 1. The minimum absolute atomic E-state index is 0.0531. The number of nitrogens with zero attached hydrogens (tertiary/aromatic N) is 3. The molecule has 1 aliphatic heterocycles. The third-order valence-electron chi connectivity index (χ3n) is 6.30. The molecule has 0 spiro atoms. The molecule has 1 aromatic heterocycles. The molecule has 2 amide bonds. The van der Waals surface area contributed by atoms with Crippen molar-refractivity contribution in [3.63, 3.8) is 0 Å². The molecule has 0 bridgehead atoms.